The van der Waals surface area contributed by atoms with E-state index in [1.54, 1.807) is 12.1 Å². The summed E-state index contributed by atoms with van der Waals surface area (Å²) < 4.78 is 17.3. The van der Waals surface area contributed by atoms with Crippen molar-refractivity contribution in [1.29, 1.82) is 0 Å². The molecule has 7 heteroatoms. The Hall–Kier alpha value is -1.21. The molecular weight excluding hydrogens is 334 g/mol. The molecule has 6 nitrogen and oxygen atoms in total. The van der Waals surface area contributed by atoms with Gasteiger partial charge in [0.15, 0.2) is 6.29 Å². The monoisotopic (exact) mass is 359 g/mol. The molecule has 0 N–H and O–H groups in total. The summed E-state index contributed by atoms with van der Waals surface area (Å²) in [5, 5.41) is 10.2. The molecule has 1 aromatic rings. The Kier molecular flexibility index (Phi) is 8.62. The third kappa shape index (κ3) is 6.36. The smallest absolute Gasteiger partial charge is 0.269 e. The van der Waals surface area contributed by atoms with Crippen LogP contribution >= 0.6 is 11.6 Å². The Morgan fingerprint density at radius 1 is 1.08 bits per heavy atom. The van der Waals surface area contributed by atoms with Gasteiger partial charge in [0.1, 0.15) is 11.5 Å². The lowest BCUT2D eigenvalue weighted by Gasteiger charge is -2.31. The number of hydrogen-bond donors (Lipinski definition) is 0. The molecule has 3 unspecified atom stereocenters. The van der Waals surface area contributed by atoms with E-state index in [1.807, 2.05) is 34.6 Å². The van der Waals surface area contributed by atoms with Gasteiger partial charge in [0.25, 0.3) is 5.69 Å². The highest BCUT2D eigenvalue weighted by Gasteiger charge is 2.32. The average Bonchev–Trinajstić information content (AvgIpc) is 2.51. The first kappa shape index (κ1) is 20.8. The zero-order valence-corrected chi connectivity index (χ0v) is 15.5. The normalized spacial score (nSPS) is 15.5. The maximum atomic E-state index is 10.8. The molecule has 0 amide bonds. The summed E-state index contributed by atoms with van der Waals surface area (Å²) in [6, 6.07) is 6.18. The second-order valence-corrected chi connectivity index (χ2v) is 6.41. The van der Waals surface area contributed by atoms with Crippen LogP contribution in [0.1, 0.15) is 46.3 Å². The van der Waals surface area contributed by atoms with Crippen LogP contribution in [0.2, 0.25) is 0 Å². The molecule has 1 aromatic carbocycles. The third-order valence-electron chi connectivity index (χ3n) is 3.14. The molecule has 0 radical (unpaired) electrons. The van der Waals surface area contributed by atoms with Crippen LogP contribution in [0.5, 0.6) is 0 Å². The van der Waals surface area contributed by atoms with Gasteiger partial charge in [-0.15, -0.1) is 11.6 Å². The van der Waals surface area contributed by atoms with Gasteiger partial charge in [-0.25, -0.2) is 0 Å². The molecule has 1 rings (SSSR count). The van der Waals surface area contributed by atoms with Gasteiger partial charge < -0.3 is 14.2 Å². The lowest BCUT2D eigenvalue weighted by atomic mass is 10.0. The molecule has 0 aliphatic carbocycles. The van der Waals surface area contributed by atoms with Crippen molar-refractivity contribution in [3.8, 4) is 0 Å². The van der Waals surface area contributed by atoms with E-state index in [0.29, 0.717) is 6.61 Å². The first-order chi connectivity index (χ1) is 11.3. The van der Waals surface area contributed by atoms with Crippen molar-refractivity contribution in [2.24, 2.45) is 0 Å². The Balaban J connectivity index is 3.06. The number of hydrogen-bond acceptors (Lipinski definition) is 5. The Morgan fingerprint density at radius 2 is 1.62 bits per heavy atom. The van der Waals surface area contributed by atoms with Crippen molar-refractivity contribution in [2.75, 3.05) is 6.61 Å². The molecule has 0 aliphatic heterocycles. The van der Waals surface area contributed by atoms with Gasteiger partial charge in [-0.1, -0.05) is 0 Å². The van der Waals surface area contributed by atoms with E-state index >= 15 is 0 Å². The number of nitro benzene ring substituents is 1. The van der Waals surface area contributed by atoms with E-state index in [9.17, 15) is 10.1 Å². The topological polar surface area (TPSA) is 70.8 Å². The summed E-state index contributed by atoms with van der Waals surface area (Å²) in [5.74, 6) is 0. The van der Waals surface area contributed by atoms with Crippen LogP contribution in [0.3, 0.4) is 0 Å². The lowest BCUT2D eigenvalue weighted by molar-refractivity contribution is -0.384. The molecule has 0 aromatic heterocycles. The van der Waals surface area contributed by atoms with Gasteiger partial charge >= 0.3 is 0 Å². The molecule has 0 aliphatic rings. The summed E-state index contributed by atoms with van der Waals surface area (Å²) in [7, 11) is 0. The van der Waals surface area contributed by atoms with E-state index in [0.717, 1.165) is 5.56 Å². The first-order valence-electron chi connectivity index (χ1n) is 8.07. The number of halogens is 1. The second-order valence-electron chi connectivity index (χ2n) is 5.91. The largest absolute Gasteiger partial charge is 0.369 e. The van der Waals surface area contributed by atoms with Crippen LogP contribution in [0.4, 0.5) is 5.69 Å². The molecule has 136 valence electrons. The minimum absolute atomic E-state index is 0.0213. The van der Waals surface area contributed by atoms with E-state index in [-0.39, 0.29) is 17.9 Å². The van der Waals surface area contributed by atoms with Gasteiger partial charge in [-0.2, -0.15) is 0 Å². The minimum Gasteiger partial charge on any atom is -0.369 e. The van der Waals surface area contributed by atoms with Crippen molar-refractivity contribution < 1.29 is 19.1 Å². The third-order valence-corrected chi connectivity index (χ3v) is 3.57. The Morgan fingerprint density at radius 3 is 2.04 bits per heavy atom. The molecule has 0 heterocycles. The number of rotatable bonds is 10. The molecule has 0 saturated carbocycles. The van der Waals surface area contributed by atoms with Crippen LogP contribution in [-0.4, -0.2) is 35.4 Å². The van der Waals surface area contributed by atoms with E-state index in [2.05, 4.69) is 0 Å². The quantitative estimate of drug-likeness (QED) is 0.267. The average molecular weight is 360 g/mol. The molecule has 0 spiro atoms. The van der Waals surface area contributed by atoms with Crippen LogP contribution in [0, 0.1) is 10.1 Å². The van der Waals surface area contributed by atoms with Crippen LogP contribution in [0.25, 0.3) is 0 Å². The fourth-order valence-corrected chi connectivity index (χ4v) is 2.53. The summed E-state index contributed by atoms with van der Waals surface area (Å²) in [5.41, 5.74) is 0.763. The summed E-state index contributed by atoms with van der Waals surface area (Å²) in [6.45, 7) is 9.93. The SMILES string of the molecule is CCOC(OC(C)C)C(Cl)C(OC(C)C)c1ccc([N+](=O)[O-])cc1. The number of ether oxygens (including phenoxy) is 3. The van der Waals surface area contributed by atoms with E-state index in [1.165, 1.54) is 12.1 Å². The minimum atomic E-state index is -0.643. The van der Waals surface area contributed by atoms with Crippen LogP contribution < -0.4 is 0 Å². The number of alkyl halides is 1. The summed E-state index contributed by atoms with van der Waals surface area (Å²) >= 11 is 6.61. The van der Waals surface area contributed by atoms with Crippen molar-refractivity contribution in [3.63, 3.8) is 0 Å². The zero-order valence-electron chi connectivity index (χ0n) is 14.8. The molecule has 0 bridgehead atoms. The summed E-state index contributed by atoms with van der Waals surface area (Å²) in [6.07, 6.45) is -1.29. The van der Waals surface area contributed by atoms with Gasteiger partial charge in [-0.05, 0) is 52.3 Å². The predicted octanol–water partition coefficient (Wildman–Crippen LogP) is 4.46. The standard InChI is InChI=1S/C17H26ClNO5/c1-6-22-17(24-12(4)5)15(18)16(23-11(2)3)13-7-9-14(10-8-13)19(20)21/h7-12,15-17H,6H2,1-5H3. The predicted molar refractivity (Wildman–Crippen MR) is 93.3 cm³/mol. The Labute approximate surface area is 148 Å². The van der Waals surface area contributed by atoms with E-state index in [4.69, 9.17) is 25.8 Å². The van der Waals surface area contributed by atoms with Crippen molar-refractivity contribution in [1.82, 2.24) is 0 Å². The maximum Gasteiger partial charge on any atom is 0.269 e. The number of nitrogens with zero attached hydrogens (tertiary/aromatic N) is 1. The molecule has 0 fully saturated rings. The van der Waals surface area contributed by atoms with Gasteiger partial charge in [0.05, 0.1) is 17.1 Å². The molecule has 24 heavy (non-hydrogen) atoms. The lowest BCUT2D eigenvalue weighted by Crippen LogP contribution is -2.36. The van der Waals surface area contributed by atoms with Crippen LogP contribution in [0.15, 0.2) is 24.3 Å². The highest BCUT2D eigenvalue weighted by Crippen LogP contribution is 2.32. The first-order valence-corrected chi connectivity index (χ1v) is 8.50. The highest BCUT2D eigenvalue weighted by atomic mass is 35.5. The molecule has 0 saturated heterocycles. The number of benzene rings is 1. The fourth-order valence-electron chi connectivity index (χ4n) is 2.20. The van der Waals surface area contributed by atoms with Crippen molar-refractivity contribution >= 4 is 17.3 Å². The van der Waals surface area contributed by atoms with Gasteiger partial charge in [-0.3, -0.25) is 10.1 Å². The zero-order chi connectivity index (χ0) is 18.3. The van der Waals surface area contributed by atoms with Gasteiger partial charge in [0.2, 0.25) is 0 Å². The summed E-state index contributed by atoms with van der Waals surface area (Å²) in [4.78, 5) is 10.4. The Bertz CT molecular complexity index is 506. The van der Waals surface area contributed by atoms with Gasteiger partial charge in [0, 0.05) is 18.7 Å². The number of non-ortho nitro benzene ring substituents is 1. The molecule has 3 atom stereocenters. The van der Waals surface area contributed by atoms with E-state index < -0.39 is 22.7 Å². The molecular formula is C17H26ClNO5. The van der Waals surface area contributed by atoms with Crippen molar-refractivity contribution in [2.45, 2.75) is 64.6 Å². The second kappa shape index (κ2) is 9.93. The van der Waals surface area contributed by atoms with Crippen LogP contribution in [-0.2, 0) is 14.2 Å². The maximum absolute atomic E-state index is 10.8. The fraction of sp³-hybridized carbons (Fsp3) is 0.647. The van der Waals surface area contributed by atoms with Crippen molar-refractivity contribution in [3.05, 3.63) is 39.9 Å². The number of nitro groups is 1. The highest BCUT2D eigenvalue weighted by molar-refractivity contribution is 6.21.